The summed E-state index contributed by atoms with van der Waals surface area (Å²) in [5.41, 5.74) is 2.88. The highest BCUT2D eigenvalue weighted by Crippen LogP contribution is 2.50. The molecule has 0 bridgehead atoms. The van der Waals surface area contributed by atoms with Crippen molar-refractivity contribution in [3.63, 3.8) is 0 Å². The van der Waals surface area contributed by atoms with Gasteiger partial charge in [-0.05, 0) is 41.2 Å². The molecule has 0 unspecified atom stereocenters. The monoisotopic (exact) mass is 335 g/mol. The Hall–Kier alpha value is -3.15. The van der Waals surface area contributed by atoms with Gasteiger partial charge in [0, 0.05) is 23.7 Å². The zero-order valence-corrected chi connectivity index (χ0v) is 13.2. The molecule has 2 aromatic rings. The summed E-state index contributed by atoms with van der Waals surface area (Å²) in [6.07, 6.45) is 5.01. The number of hydrogen-bond donors (Lipinski definition) is 1. The Morgan fingerprint density at radius 3 is 2.80 bits per heavy atom. The first kappa shape index (κ1) is 15.4. The maximum atomic E-state index is 11.2. The zero-order chi connectivity index (χ0) is 17.6. The molecule has 0 spiro atoms. The van der Waals surface area contributed by atoms with Crippen LogP contribution in [0.3, 0.4) is 0 Å². The predicted molar refractivity (Wildman–Crippen MR) is 90.2 cm³/mol. The minimum Gasteiger partial charge on any atom is -0.545 e. The zero-order valence-electron chi connectivity index (χ0n) is 13.2. The molecule has 126 valence electrons. The lowest BCUT2D eigenvalue weighted by Crippen LogP contribution is -2.30. The van der Waals surface area contributed by atoms with Crippen LogP contribution in [0.2, 0.25) is 0 Å². The first-order chi connectivity index (χ1) is 12.0. The Balaban J connectivity index is 1.77. The molecule has 1 aliphatic heterocycles. The van der Waals surface area contributed by atoms with E-state index in [9.17, 15) is 20.0 Å². The number of nitro benzene ring substituents is 1. The van der Waals surface area contributed by atoms with Gasteiger partial charge in [-0.1, -0.05) is 30.4 Å². The number of allylic oxidation sites excluding steroid dienone is 2. The number of rotatable bonds is 3. The lowest BCUT2D eigenvalue weighted by atomic mass is 9.76. The molecule has 1 N–H and O–H groups in total. The molecule has 0 fully saturated rings. The molecule has 25 heavy (non-hydrogen) atoms. The third kappa shape index (κ3) is 2.55. The van der Waals surface area contributed by atoms with Crippen LogP contribution < -0.4 is 10.4 Å². The van der Waals surface area contributed by atoms with Gasteiger partial charge in [0.05, 0.1) is 16.9 Å². The van der Waals surface area contributed by atoms with Crippen LogP contribution in [0.4, 0.5) is 11.4 Å². The fraction of sp³-hybridized carbons (Fsp3) is 0.211. The van der Waals surface area contributed by atoms with Crippen molar-refractivity contribution in [2.24, 2.45) is 5.92 Å². The topological polar surface area (TPSA) is 95.3 Å². The van der Waals surface area contributed by atoms with E-state index in [2.05, 4.69) is 17.5 Å². The molecule has 0 radical (unpaired) electrons. The number of carbonyl (C=O) groups excluding carboxylic acids is 1. The van der Waals surface area contributed by atoms with Gasteiger partial charge in [0.25, 0.3) is 5.69 Å². The highest BCUT2D eigenvalue weighted by Gasteiger charge is 2.38. The fourth-order valence-electron chi connectivity index (χ4n) is 3.88. The summed E-state index contributed by atoms with van der Waals surface area (Å²) in [6, 6.07) is 11.5. The second-order valence-corrected chi connectivity index (χ2v) is 6.42. The first-order valence-electron chi connectivity index (χ1n) is 8.07. The normalized spacial score (nSPS) is 23.4. The standard InChI is InChI=1S/C19H16N2O4/c22-19(23)12-7-8-17-16(10-12)14-5-2-6-15(14)18(20-17)11-3-1-4-13(9-11)21(24)25/h1-5,7-10,14-15,18,20H,6H2,(H,22,23)/p-1/t14-,15+,18-/m0/s1. The quantitative estimate of drug-likeness (QED) is 0.529. The van der Waals surface area contributed by atoms with Gasteiger partial charge in [0.15, 0.2) is 0 Å². The third-order valence-electron chi connectivity index (χ3n) is 5.04. The average molecular weight is 335 g/mol. The Bertz CT molecular complexity index is 906. The summed E-state index contributed by atoms with van der Waals surface area (Å²) >= 11 is 0. The molecule has 1 aliphatic carbocycles. The van der Waals surface area contributed by atoms with Crippen LogP contribution in [0.1, 0.15) is 39.9 Å². The number of fused-ring (bicyclic) bond motifs is 3. The number of nitro groups is 1. The van der Waals surface area contributed by atoms with Gasteiger partial charge in [-0.25, -0.2) is 0 Å². The van der Waals surface area contributed by atoms with Crippen molar-refractivity contribution < 1.29 is 14.8 Å². The number of carboxylic acid groups (broad SMARTS) is 1. The molecule has 2 aliphatic rings. The summed E-state index contributed by atoms with van der Waals surface area (Å²) < 4.78 is 0. The van der Waals surface area contributed by atoms with Gasteiger partial charge >= 0.3 is 0 Å². The molecule has 0 saturated carbocycles. The maximum Gasteiger partial charge on any atom is 0.269 e. The van der Waals surface area contributed by atoms with Crippen LogP contribution in [-0.2, 0) is 0 Å². The molecular formula is C19H15N2O4-. The van der Waals surface area contributed by atoms with E-state index in [0.717, 1.165) is 23.2 Å². The molecule has 4 rings (SSSR count). The molecule has 6 heteroatoms. The molecule has 3 atom stereocenters. The number of benzene rings is 2. The minimum atomic E-state index is -1.19. The Kier molecular flexibility index (Phi) is 3.53. The molecular weight excluding hydrogens is 320 g/mol. The number of nitrogens with zero attached hydrogens (tertiary/aromatic N) is 1. The van der Waals surface area contributed by atoms with Crippen molar-refractivity contribution in [2.75, 3.05) is 5.32 Å². The largest absolute Gasteiger partial charge is 0.545 e. The fourth-order valence-corrected chi connectivity index (χ4v) is 3.88. The molecule has 1 heterocycles. The maximum absolute atomic E-state index is 11.2. The SMILES string of the molecule is O=C([O-])c1ccc2c(c1)[C@H]1C=CC[C@H]1[C@H](c1cccc([N+](=O)[O-])c1)N2. The minimum absolute atomic E-state index is 0.0683. The van der Waals surface area contributed by atoms with Gasteiger partial charge in [-0.3, -0.25) is 10.1 Å². The average Bonchev–Trinajstić information content (AvgIpc) is 3.10. The lowest BCUT2D eigenvalue weighted by Gasteiger charge is -2.37. The van der Waals surface area contributed by atoms with Crippen molar-refractivity contribution in [1.82, 2.24) is 0 Å². The Morgan fingerprint density at radius 2 is 2.04 bits per heavy atom. The van der Waals surface area contributed by atoms with Crippen LogP contribution in [0.5, 0.6) is 0 Å². The number of carbonyl (C=O) groups is 1. The van der Waals surface area contributed by atoms with Crippen LogP contribution in [0.15, 0.2) is 54.6 Å². The van der Waals surface area contributed by atoms with E-state index in [1.807, 2.05) is 6.07 Å². The second kappa shape index (κ2) is 5.73. The number of carboxylic acids is 1. The van der Waals surface area contributed by atoms with Gasteiger partial charge in [0.2, 0.25) is 0 Å². The second-order valence-electron chi connectivity index (χ2n) is 6.42. The predicted octanol–water partition coefficient (Wildman–Crippen LogP) is 2.78. The summed E-state index contributed by atoms with van der Waals surface area (Å²) in [5.74, 6) is -0.923. The smallest absolute Gasteiger partial charge is 0.269 e. The number of anilines is 1. The van der Waals surface area contributed by atoms with Crippen LogP contribution >= 0.6 is 0 Å². The summed E-state index contributed by atoms with van der Waals surface area (Å²) in [7, 11) is 0. The Morgan fingerprint density at radius 1 is 1.20 bits per heavy atom. The van der Waals surface area contributed by atoms with E-state index in [0.29, 0.717) is 0 Å². The van der Waals surface area contributed by atoms with E-state index in [4.69, 9.17) is 0 Å². The van der Waals surface area contributed by atoms with Gasteiger partial charge < -0.3 is 15.2 Å². The third-order valence-corrected chi connectivity index (χ3v) is 5.04. The van der Waals surface area contributed by atoms with Crippen molar-refractivity contribution >= 4 is 17.3 Å². The highest BCUT2D eigenvalue weighted by atomic mass is 16.6. The number of non-ortho nitro benzene ring substituents is 1. The first-order valence-corrected chi connectivity index (χ1v) is 8.07. The van der Waals surface area contributed by atoms with Crippen LogP contribution in [0, 0.1) is 16.0 Å². The number of nitrogens with one attached hydrogen (secondary N) is 1. The molecule has 2 aromatic carbocycles. The van der Waals surface area contributed by atoms with E-state index in [1.54, 1.807) is 24.3 Å². The van der Waals surface area contributed by atoms with Crippen molar-refractivity contribution in [3.8, 4) is 0 Å². The summed E-state index contributed by atoms with van der Waals surface area (Å²) in [6.45, 7) is 0. The van der Waals surface area contributed by atoms with Crippen LogP contribution in [0.25, 0.3) is 0 Å². The Labute approximate surface area is 144 Å². The van der Waals surface area contributed by atoms with E-state index < -0.39 is 10.9 Å². The highest BCUT2D eigenvalue weighted by molar-refractivity contribution is 5.87. The van der Waals surface area contributed by atoms with Gasteiger partial charge in [0.1, 0.15) is 0 Å². The van der Waals surface area contributed by atoms with Crippen LogP contribution in [-0.4, -0.2) is 10.9 Å². The van der Waals surface area contributed by atoms with Crippen molar-refractivity contribution in [3.05, 3.63) is 81.4 Å². The van der Waals surface area contributed by atoms with Crippen molar-refractivity contribution in [1.29, 1.82) is 0 Å². The lowest BCUT2D eigenvalue weighted by molar-refractivity contribution is -0.384. The molecule has 6 nitrogen and oxygen atoms in total. The molecule has 0 saturated heterocycles. The molecule has 0 aromatic heterocycles. The van der Waals surface area contributed by atoms with Gasteiger partial charge in [-0.2, -0.15) is 0 Å². The number of aromatic carboxylic acids is 1. The van der Waals surface area contributed by atoms with E-state index in [1.165, 1.54) is 12.1 Å². The van der Waals surface area contributed by atoms with E-state index >= 15 is 0 Å². The van der Waals surface area contributed by atoms with Crippen molar-refractivity contribution in [2.45, 2.75) is 18.4 Å². The summed E-state index contributed by atoms with van der Waals surface area (Å²) in [5, 5.41) is 25.7. The van der Waals surface area contributed by atoms with Gasteiger partial charge in [-0.15, -0.1) is 0 Å². The van der Waals surface area contributed by atoms with E-state index in [-0.39, 0.29) is 29.1 Å². The summed E-state index contributed by atoms with van der Waals surface area (Å²) in [4.78, 5) is 21.8. The molecule has 0 amide bonds. The number of hydrogen-bond acceptors (Lipinski definition) is 5.